The van der Waals surface area contributed by atoms with Gasteiger partial charge < -0.3 is 40.7 Å². The molecule has 0 unspecified atom stereocenters. The van der Waals surface area contributed by atoms with Crippen molar-refractivity contribution in [3.8, 4) is 11.5 Å². The van der Waals surface area contributed by atoms with Crippen molar-refractivity contribution in [2.75, 3.05) is 31.2 Å². The number of carbonyl (C=O) groups is 4. The van der Waals surface area contributed by atoms with Crippen LogP contribution in [0.2, 0.25) is 0 Å². The van der Waals surface area contributed by atoms with Crippen LogP contribution in [0.15, 0.2) is 48.5 Å². The van der Waals surface area contributed by atoms with E-state index >= 15 is 0 Å². The third-order valence-corrected chi connectivity index (χ3v) is 5.88. The third kappa shape index (κ3) is 10.5. The topological polar surface area (TPSA) is 186 Å². The third-order valence-electron chi connectivity index (χ3n) is 5.88. The standard InChI is InChI=1S/C28H37N3O9/c1-18(2)17-24(27(37)29-23(28(38)39)11-12-25(34)35)30-26(36)19-3-7-21(8-4-19)40-22-9-5-20(6-10-22)31(13-15-32)14-16-33/h3-10,18,23-24,32-33H,11-17H2,1-2H3,(H,29,37)(H,30,36)(H,34,35)(H,38,39)/t23-,24-/m0/s1. The number of ether oxygens (including phenoxy) is 1. The number of hydrogen-bond donors (Lipinski definition) is 6. The molecule has 0 aliphatic rings. The average Bonchev–Trinajstić information content (AvgIpc) is 2.90. The summed E-state index contributed by atoms with van der Waals surface area (Å²) in [5, 5.41) is 41.6. The molecule has 0 heterocycles. The Hall–Kier alpha value is -4.16. The SMILES string of the molecule is CC(C)C[C@H](NC(=O)c1ccc(Oc2ccc(N(CCO)CCO)cc2)cc1)C(=O)N[C@@H](CCC(=O)O)C(=O)O. The molecule has 0 radical (unpaired) electrons. The molecule has 0 saturated carbocycles. The van der Waals surface area contributed by atoms with Gasteiger partial charge in [-0.2, -0.15) is 0 Å². The van der Waals surface area contributed by atoms with Gasteiger partial charge in [0, 0.05) is 30.8 Å². The second-order valence-electron chi connectivity index (χ2n) is 9.54. The summed E-state index contributed by atoms with van der Waals surface area (Å²) < 4.78 is 5.84. The van der Waals surface area contributed by atoms with Gasteiger partial charge in [-0.3, -0.25) is 14.4 Å². The van der Waals surface area contributed by atoms with Crippen LogP contribution in [0.25, 0.3) is 0 Å². The molecule has 2 amide bonds. The lowest BCUT2D eigenvalue weighted by Gasteiger charge is -2.23. The highest BCUT2D eigenvalue weighted by atomic mass is 16.5. The summed E-state index contributed by atoms with van der Waals surface area (Å²) in [6, 6.07) is 10.9. The van der Waals surface area contributed by atoms with Gasteiger partial charge in [-0.25, -0.2) is 4.79 Å². The molecule has 12 heteroatoms. The summed E-state index contributed by atoms with van der Waals surface area (Å²) in [6.07, 6.45) is -0.469. The molecule has 12 nitrogen and oxygen atoms in total. The first-order chi connectivity index (χ1) is 19.0. The van der Waals surface area contributed by atoms with Crippen molar-refractivity contribution in [2.24, 2.45) is 5.92 Å². The van der Waals surface area contributed by atoms with Gasteiger partial charge in [0.25, 0.3) is 5.91 Å². The quantitative estimate of drug-likeness (QED) is 0.167. The number of aliphatic hydroxyl groups is 2. The number of hydrogen-bond acceptors (Lipinski definition) is 8. The predicted molar refractivity (Wildman–Crippen MR) is 146 cm³/mol. The summed E-state index contributed by atoms with van der Waals surface area (Å²) in [5.74, 6) is -2.78. The van der Waals surface area contributed by atoms with Gasteiger partial charge in [-0.1, -0.05) is 13.8 Å². The Kier molecular flexibility index (Phi) is 12.9. The van der Waals surface area contributed by atoms with Gasteiger partial charge in [0.1, 0.15) is 23.6 Å². The fourth-order valence-corrected chi connectivity index (χ4v) is 3.89. The number of aliphatic hydroxyl groups excluding tert-OH is 2. The molecule has 218 valence electrons. The summed E-state index contributed by atoms with van der Waals surface area (Å²) in [7, 11) is 0. The van der Waals surface area contributed by atoms with E-state index < -0.39 is 42.3 Å². The number of nitrogens with one attached hydrogen (secondary N) is 2. The smallest absolute Gasteiger partial charge is 0.326 e. The summed E-state index contributed by atoms with van der Waals surface area (Å²) >= 11 is 0. The lowest BCUT2D eigenvalue weighted by atomic mass is 10.0. The number of carboxylic acids is 2. The lowest BCUT2D eigenvalue weighted by molar-refractivity contribution is -0.143. The Morgan fingerprint density at radius 2 is 1.38 bits per heavy atom. The molecular formula is C28H37N3O9. The highest BCUT2D eigenvalue weighted by Crippen LogP contribution is 2.25. The molecule has 40 heavy (non-hydrogen) atoms. The molecule has 2 atom stereocenters. The molecule has 2 aromatic carbocycles. The van der Waals surface area contributed by atoms with Crippen molar-refractivity contribution in [1.29, 1.82) is 0 Å². The number of benzene rings is 2. The van der Waals surface area contributed by atoms with Crippen LogP contribution < -0.4 is 20.3 Å². The van der Waals surface area contributed by atoms with E-state index in [-0.39, 0.29) is 37.5 Å². The van der Waals surface area contributed by atoms with Gasteiger partial charge in [0.2, 0.25) is 5.91 Å². The van der Waals surface area contributed by atoms with Crippen LogP contribution in [0.1, 0.15) is 43.5 Å². The van der Waals surface area contributed by atoms with Crippen LogP contribution in [0.5, 0.6) is 11.5 Å². The average molecular weight is 560 g/mol. The second-order valence-corrected chi connectivity index (χ2v) is 9.54. The fraction of sp³-hybridized carbons (Fsp3) is 0.429. The number of rotatable bonds is 17. The van der Waals surface area contributed by atoms with Crippen molar-refractivity contribution in [1.82, 2.24) is 10.6 Å². The monoisotopic (exact) mass is 559 g/mol. The molecule has 0 fully saturated rings. The fourth-order valence-electron chi connectivity index (χ4n) is 3.89. The van der Waals surface area contributed by atoms with Gasteiger partial charge in [0.05, 0.1) is 13.2 Å². The number of carboxylic acid groups (broad SMARTS) is 2. The Bertz CT molecular complexity index is 1110. The zero-order valence-electron chi connectivity index (χ0n) is 22.6. The second kappa shape index (κ2) is 16.1. The van der Waals surface area contributed by atoms with Crippen molar-refractivity contribution in [3.63, 3.8) is 0 Å². The van der Waals surface area contributed by atoms with Crippen LogP contribution in [0, 0.1) is 5.92 Å². The maximum Gasteiger partial charge on any atom is 0.326 e. The largest absolute Gasteiger partial charge is 0.481 e. The van der Waals surface area contributed by atoms with Gasteiger partial charge in [-0.05, 0) is 67.3 Å². The molecule has 0 aliphatic carbocycles. The summed E-state index contributed by atoms with van der Waals surface area (Å²) in [5.41, 5.74) is 1.08. The van der Waals surface area contributed by atoms with Crippen molar-refractivity contribution >= 4 is 29.4 Å². The number of amides is 2. The first-order valence-electron chi connectivity index (χ1n) is 12.9. The highest BCUT2D eigenvalue weighted by molar-refractivity contribution is 5.98. The lowest BCUT2D eigenvalue weighted by Crippen LogP contribution is -2.52. The molecule has 0 saturated heterocycles. The van der Waals surface area contributed by atoms with Crippen molar-refractivity contribution < 1.29 is 44.3 Å². The zero-order chi connectivity index (χ0) is 29.7. The number of aliphatic carboxylic acids is 2. The van der Waals surface area contributed by atoms with E-state index in [2.05, 4.69) is 10.6 Å². The van der Waals surface area contributed by atoms with Gasteiger partial charge in [-0.15, -0.1) is 0 Å². The van der Waals surface area contributed by atoms with E-state index in [1.54, 1.807) is 36.4 Å². The first-order valence-corrected chi connectivity index (χ1v) is 12.9. The van der Waals surface area contributed by atoms with Gasteiger partial charge >= 0.3 is 11.9 Å². The first kappa shape index (κ1) is 32.1. The van der Waals surface area contributed by atoms with Gasteiger partial charge in [0.15, 0.2) is 0 Å². The molecule has 0 aromatic heterocycles. The maximum atomic E-state index is 12.9. The van der Waals surface area contributed by atoms with Crippen LogP contribution >= 0.6 is 0 Å². The van der Waals surface area contributed by atoms with Crippen LogP contribution in [-0.4, -0.2) is 82.6 Å². The minimum atomic E-state index is -1.40. The Labute approximate surface area is 232 Å². The van der Waals surface area contributed by atoms with Crippen LogP contribution in [-0.2, 0) is 14.4 Å². The molecular weight excluding hydrogens is 522 g/mol. The maximum absolute atomic E-state index is 12.9. The van der Waals surface area contributed by atoms with E-state index in [1.807, 2.05) is 18.7 Å². The van der Waals surface area contributed by atoms with E-state index in [0.29, 0.717) is 24.6 Å². The van der Waals surface area contributed by atoms with E-state index in [0.717, 1.165) is 5.69 Å². The van der Waals surface area contributed by atoms with E-state index in [1.165, 1.54) is 12.1 Å². The molecule has 0 bridgehead atoms. The Morgan fingerprint density at radius 1 is 0.825 bits per heavy atom. The minimum absolute atomic E-state index is 0.000121. The zero-order valence-corrected chi connectivity index (χ0v) is 22.6. The normalized spacial score (nSPS) is 12.3. The molecule has 2 rings (SSSR count). The Balaban J connectivity index is 2.05. The van der Waals surface area contributed by atoms with E-state index in [4.69, 9.17) is 9.84 Å². The molecule has 2 aromatic rings. The number of anilines is 1. The predicted octanol–water partition coefficient (Wildman–Crippen LogP) is 1.85. The Morgan fingerprint density at radius 3 is 1.85 bits per heavy atom. The van der Waals surface area contributed by atoms with Crippen LogP contribution in [0.3, 0.4) is 0 Å². The summed E-state index contributed by atoms with van der Waals surface area (Å²) in [4.78, 5) is 49.8. The number of nitrogens with zero attached hydrogens (tertiary/aromatic N) is 1. The van der Waals surface area contributed by atoms with Crippen molar-refractivity contribution in [2.45, 2.75) is 45.2 Å². The minimum Gasteiger partial charge on any atom is -0.481 e. The highest BCUT2D eigenvalue weighted by Gasteiger charge is 2.28. The van der Waals surface area contributed by atoms with Crippen LogP contribution in [0.4, 0.5) is 5.69 Å². The van der Waals surface area contributed by atoms with E-state index in [9.17, 15) is 34.5 Å². The summed E-state index contributed by atoms with van der Waals surface area (Å²) in [6.45, 7) is 4.37. The molecule has 0 spiro atoms. The molecule has 0 aliphatic heterocycles. The number of carbonyl (C=O) groups excluding carboxylic acids is 2. The molecule has 6 N–H and O–H groups in total. The van der Waals surface area contributed by atoms with Crippen molar-refractivity contribution in [3.05, 3.63) is 54.1 Å².